The van der Waals surface area contributed by atoms with Crippen molar-refractivity contribution in [1.82, 2.24) is 5.32 Å². The Morgan fingerprint density at radius 1 is 1.47 bits per heavy atom. The van der Waals surface area contributed by atoms with Crippen molar-refractivity contribution in [2.75, 3.05) is 0 Å². The molecule has 1 amide bonds. The van der Waals surface area contributed by atoms with Crippen LogP contribution in [0.5, 0.6) is 0 Å². The van der Waals surface area contributed by atoms with Crippen LogP contribution in [0.2, 0.25) is 0 Å². The molecule has 1 aromatic rings. The Morgan fingerprint density at radius 2 is 2.11 bits per heavy atom. The van der Waals surface area contributed by atoms with E-state index in [1.165, 1.54) is 24.3 Å². The molecule has 0 unspecified atom stereocenters. The maximum absolute atomic E-state index is 12.0. The molecule has 0 saturated carbocycles. The number of nitro benzene ring substituents is 1. The Labute approximate surface area is 111 Å². The van der Waals surface area contributed by atoms with Gasteiger partial charge in [0, 0.05) is 17.7 Å². The zero-order chi connectivity index (χ0) is 14.5. The molecule has 0 saturated heterocycles. The first kappa shape index (κ1) is 14.6. The molecule has 0 radical (unpaired) electrons. The highest BCUT2D eigenvalue weighted by atomic mass is 16.6. The number of nitro groups is 1. The number of nitrogens with zero attached hydrogens (tertiary/aromatic N) is 2. The summed E-state index contributed by atoms with van der Waals surface area (Å²) in [7, 11) is 0. The van der Waals surface area contributed by atoms with E-state index in [1.807, 2.05) is 0 Å². The van der Waals surface area contributed by atoms with Crippen molar-refractivity contribution >= 4 is 11.6 Å². The molecule has 6 heteroatoms. The molecule has 0 aliphatic carbocycles. The normalized spacial score (nSPS) is 10.6. The van der Waals surface area contributed by atoms with E-state index in [0.717, 1.165) is 0 Å². The Hall–Kier alpha value is -2.42. The number of carbonyl (C=O) groups is 1. The molecule has 0 fully saturated rings. The highest BCUT2D eigenvalue weighted by Crippen LogP contribution is 2.17. The van der Waals surface area contributed by atoms with Crippen LogP contribution in [-0.4, -0.2) is 16.4 Å². The Bertz CT molecular complexity index is 530. The maximum atomic E-state index is 12.0. The second-order valence-corrected chi connectivity index (χ2v) is 4.16. The highest BCUT2D eigenvalue weighted by molar-refractivity contribution is 5.95. The molecule has 1 rings (SSSR count). The smallest absolute Gasteiger partial charge is 0.270 e. The van der Waals surface area contributed by atoms with E-state index in [1.54, 1.807) is 13.8 Å². The lowest BCUT2D eigenvalue weighted by Gasteiger charge is -2.24. The van der Waals surface area contributed by atoms with Crippen molar-refractivity contribution in [1.29, 1.82) is 5.26 Å². The highest BCUT2D eigenvalue weighted by Gasteiger charge is 2.28. The van der Waals surface area contributed by atoms with Crippen LogP contribution in [0.1, 0.15) is 37.0 Å². The third kappa shape index (κ3) is 3.28. The zero-order valence-electron chi connectivity index (χ0n) is 10.8. The van der Waals surface area contributed by atoms with Crippen LogP contribution < -0.4 is 5.32 Å². The van der Waals surface area contributed by atoms with Gasteiger partial charge < -0.3 is 5.32 Å². The number of non-ortho nitro benzene ring substituents is 1. The number of nitriles is 1. The van der Waals surface area contributed by atoms with E-state index in [0.29, 0.717) is 12.8 Å². The van der Waals surface area contributed by atoms with Crippen LogP contribution in [0.15, 0.2) is 24.3 Å². The summed E-state index contributed by atoms with van der Waals surface area (Å²) in [4.78, 5) is 22.1. The first-order chi connectivity index (χ1) is 8.98. The third-order valence-corrected chi connectivity index (χ3v) is 3.09. The molecule has 0 aliphatic heterocycles. The third-order valence-electron chi connectivity index (χ3n) is 3.09. The number of benzene rings is 1. The summed E-state index contributed by atoms with van der Waals surface area (Å²) < 4.78 is 0. The van der Waals surface area contributed by atoms with E-state index >= 15 is 0 Å². The molecule has 0 heterocycles. The lowest BCUT2D eigenvalue weighted by atomic mass is 9.94. The second kappa shape index (κ2) is 5.96. The lowest BCUT2D eigenvalue weighted by Crippen LogP contribution is -2.46. The molecule has 6 nitrogen and oxygen atoms in total. The summed E-state index contributed by atoms with van der Waals surface area (Å²) in [5, 5.41) is 22.4. The minimum Gasteiger partial charge on any atom is -0.334 e. The minimum atomic E-state index is -0.929. The SMILES string of the molecule is CCC(C#N)(CC)NC(=O)c1cccc([N+](=O)[O-])c1. The fourth-order valence-electron chi connectivity index (χ4n) is 1.66. The molecule has 0 spiro atoms. The maximum Gasteiger partial charge on any atom is 0.270 e. The van der Waals surface area contributed by atoms with Gasteiger partial charge in [0.15, 0.2) is 0 Å². The van der Waals surface area contributed by atoms with Crippen LogP contribution in [0.4, 0.5) is 5.69 Å². The molecule has 19 heavy (non-hydrogen) atoms. The average molecular weight is 261 g/mol. The van der Waals surface area contributed by atoms with Gasteiger partial charge in [-0.1, -0.05) is 19.9 Å². The topological polar surface area (TPSA) is 96.0 Å². The molecule has 1 aromatic carbocycles. The quantitative estimate of drug-likeness (QED) is 0.650. The van der Waals surface area contributed by atoms with Crippen molar-refractivity contribution in [3.8, 4) is 6.07 Å². The second-order valence-electron chi connectivity index (χ2n) is 4.16. The standard InChI is InChI=1S/C13H15N3O3/c1-3-13(4-2,9-14)15-12(17)10-6-5-7-11(8-10)16(18)19/h5-8H,3-4H2,1-2H3,(H,15,17). The molecular weight excluding hydrogens is 246 g/mol. The minimum absolute atomic E-state index is 0.150. The monoisotopic (exact) mass is 261 g/mol. The number of hydrogen-bond donors (Lipinski definition) is 1. The van der Waals surface area contributed by atoms with E-state index in [4.69, 9.17) is 5.26 Å². The van der Waals surface area contributed by atoms with Crippen LogP contribution in [0.25, 0.3) is 0 Å². The summed E-state index contributed by atoms with van der Waals surface area (Å²) in [5.41, 5.74) is -0.902. The predicted octanol–water partition coefficient (Wildman–Crippen LogP) is 2.41. The van der Waals surface area contributed by atoms with Gasteiger partial charge in [-0.05, 0) is 18.9 Å². The number of amides is 1. The average Bonchev–Trinajstić information content (AvgIpc) is 2.45. The van der Waals surface area contributed by atoms with Gasteiger partial charge in [0.25, 0.3) is 11.6 Å². The van der Waals surface area contributed by atoms with Gasteiger partial charge in [-0.2, -0.15) is 5.26 Å². The Morgan fingerprint density at radius 3 is 2.58 bits per heavy atom. The number of rotatable bonds is 5. The van der Waals surface area contributed by atoms with Crippen LogP contribution in [0, 0.1) is 21.4 Å². The Balaban J connectivity index is 2.99. The van der Waals surface area contributed by atoms with Crippen molar-refractivity contribution in [2.45, 2.75) is 32.2 Å². The van der Waals surface area contributed by atoms with Crippen LogP contribution in [-0.2, 0) is 0 Å². The first-order valence-corrected chi connectivity index (χ1v) is 5.96. The Kier molecular flexibility index (Phi) is 4.59. The molecule has 0 aliphatic rings. The van der Waals surface area contributed by atoms with E-state index in [2.05, 4.69) is 11.4 Å². The van der Waals surface area contributed by atoms with Crippen LogP contribution in [0.3, 0.4) is 0 Å². The number of nitrogens with one attached hydrogen (secondary N) is 1. The van der Waals surface area contributed by atoms with Gasteiger partial charge in [-0.3, -0.25) is 14.9 Å². The first-order valence-electron chi connectivity index (χ1n) is 5.96. The molecule has 100 valence electrons. The summed E-state index contributed by atoms with van der Waals surface area (Å²) in [6.07, 6.45) is 0.946. The van der Waals surface area contributed by atoms with E-state index in [9.17, 15) is 14.9 Å². The molecule has 0 aromatic heterocycles. The van der Waals surface area contributed by atoms with E-state index in [-0.39, 0.29) is 11.3 Å². The largest absolute Gasteiger partial charge is 0.334 e. The van der Waals surface area contributed by atoms with Gasteiger partial charge in [-0.15, -0.1) is 0 Å². The van der Waals surface area contributed by atoms with Crippen LogP contribution >= 0.6 is 0 Å². The summed E-state index contributed by atoms with van der Waals surface area (Å²) >= 11 is 0. The van der Waals surface area contributed by atoms with E-state index < -0.39 is 16.4 Å². The number of carbonyl (C=O) groups excluding carboxylic acids is 1. The van der Waals surface area contributed by atoms with Gasteiger partial charge in [-0.25, -0.2) is 0 Å². The summed E-state index contributed by atoms with van der Waals surface area (Å²) in [5.74, 6) is -0.478. The fourth-order valence-corrected chi connectivity index (χ4v) is 1.66. The summed E-state index contributed by atoms with van der Waals surface area (Å²) in [6, 6.07) is 7.52. The molecule has 0 bridgehead atoms. The van der Waals surface area contributed by atoms with Gasteiger partial charge in [0.1, 0.15) is 5.54 Å². The van der Waals surface area contributed by atoms with Crippen molar-refractivity contribution in [3.63, 3.8) is 0 Å². The molecule has 0 atom stereocenters. The fraction of sp³-hybridized carbons (Fsp3) is 0.385. The zero-order valence-corrected chi connectivity index (χ0v) is 10.8. The number of hydrogen-bond acceptors (Lipinski definition) is 4. The van der Waals surface area contributed by atoms with Crippen molar-refractivity contribution in [2.24, 2.45) is 0 Å². The van der Waals surface area contributed by atoms with Crippen molar-refractivity contribution in [3.05, 3.63) is 39.9 Å². The molecule has 1 N–H and O–H groups in total. The summed E-state index contributed by atoms with van der Waals surface area (Å²) in [6.45, 7) is 3.61. The van der Waals surface area contributed by atoms with Gasteiger partial charge in [0.05, 0.1) is 11.0 Å². The predicted molar refractivity (Wildman–Crippen MR) is 69.5 cm³/mol. The lowest BCUT2D eigenvalue weighted by molar-refractivity contribution is -0.384. The van der Waals surface area contributed by atoms with Gasteiger partial charge >= 0.3 is 0 Å². The molecular formula is C13H15N3O3. The van der Waals surface area contributed by atoms with Crippen molar-refractivity contribution < 1.29 is 9.72 Å². The van der Waals surface area contributed by atoms with Gasteiger partial charge in [0.2, 0.25) is 0 Å².